The number of imidazole rings is 1. The van der Waals surface area contributed by atoms with Crippen molar-refractivity contribution < 1.29 is 13.2 Å². The maximum atomic E-state index is 12.9. The molecule has 1 aromatic heterocycles. The summed E-state index contributed by atoms with van der Waals surface area (Å²) >= 11 is 0. The van der Waals surface area contributed by atoms with Crippen molar-refractivity contribution in [3.63, 3.8) is 0 Å². The Kier molecular flexibility index (Phi) is 7.71. The lowest BCUT2D eigenvalue weighted by atomic mass is 9.97. The molecule has 2 aromatic rings. The van der Waals surface area contributed by atoms with Gasteiger partial charge in [-0.05, 0) is 37.9 Å². The lowest BCUT2D eigenvalue weighted by Gasteiger charge is -2.32. The first-order valence-corrected chi connectivity index (χ1v) is 13.4. The van der Waals surface area contributed by atoms with E-state index in [2.05, 4.69) is 51.4 Å². The molecule has 0 unspecified atom stereocenters. The maximum absolute atomic E-state index is 12.9. The van der Waals surface area contributed by atoms with Crippen LogP contribution >= 0.6 is 0 Å². The second-order valence-electron chi connectivity index (χ2n) is 9.53. The van der Waals surface area contributed by atoms with E-state index in [9.17, 15) is 13.2 Å². The highest BCUT2D eigenvalue weighted by Gasteiger charge is 2.33. The summed E-state index contributed by atoms with van der Waals surface area (Å²) in [6, 6.07) is 8.44. The van der Waals surface area contributed by atoms with Gasteiger partial charge in [-0.15, -0.1) is 0 Å². The van der Waals surface area contributed by atoms with Crippen LogP contribution in [0.1, 0.15) is 29.8 Å². The number of amides is 1. The number of benzene rings is 1. The van der Waals surface area contributed by atoms with E-state index < -0.39 is 10.0 Å². The van der Waals surface area contributed by atoms with E-state index in [-0.39, 0.29) is 16.9 Å². The van der Waals surface area contributed by atoms with E-state index in [0.717, 1.165) is 38.3 Å². The summed E-state index contributed by atoms with van der Waals surface area (Å²) in [6.07, 6.45) is 2.57. The van der Waals surface area contributed by atoms with Gasteiger partial charge in [0.25, 0.3) is 10.0 Å². The molecule has 34 heavy (non-hydrogen) atoms. The molecule has 10 heteroatoms. The van der Waals surface area contributed by atoms with Crippen LogP contribution in [0.5, 0.6) is 0 Å². The van der Waals surface area contributed by atoms with Crippen molar-refractivity contribution in [2.75, 3.05) is 46.3 Å². The van der Waals surface area contributed by atoms with Gasteiger partial charge >= 0.3 is 0 Å². The second kappa shape index (κ2) is 10.6. The molecular formula is C24H36N6O3S. The summed E-state index contributed by atoms with van der Waals surface area (Å²) in [5.74, 6) is 0.473. The number of likely N-dealkylation sites (N-methyl/N-ethyl adjacent to an activating group) is 1. The molecule has 1 aromatic carbocycles. The van der Waals surface area contributed by atoms with E-state index in [1.807, 2.05) is 0 Å². The first kappa shape index (κ1) is 24.8. The first-order valence-electron chi connectivity index (χ1n) is 12.0. The van der Waals surface area contributed by atoms with Gasteiger partial charge in [-0.25, -0.2) is 13.4 Å². The van der Waals surface area contributed by atoms with Gasteiger partial charge in [0, 0.05) is 71.5 Å². The molecule has 0 spiro atoms. The molecule has 0 aliphatic carbocycles. The van der Waals surface area contributed by atoms with Crippen LogP contribution in [0.3, 0.4) is 0 Å². The average molecular weight is 489 g/mol. The molecular weight excluding hydrogens is 452 g/mol. The third kappa shape index (κ3) is 5.86. The predicted molar refractivity (Wildman–Crippen MR) is 130 cm³/mol. The number of carbonyl (C=O) groups excluding carboxylic acids is 1. The zero-order valence-corrected chi connectivity index (χ0v) is 21.2. The fourth-order valence-corrected chi connectivity index (χ4v) is 6.00. The van der Waals surface area contributed by atoms with Crippen molar-refractivity contribution in [1.82, 2.24) is 29.0 Å². The summed E-state index contributed by atoms with van der Waals surface area (Å²) in [5.41, 5.74) is 2.36. The Morgan fingerprint density at radius 2 is 1.62 bits per heavy atom. The van der Waals surface area contributed by atoms with Crippen molar-refractivity contribution in [1.29, 1.82) is 0 Å². The van der Waals surface area contributed by atoms with Crippen LogP contribution in [0.25, 0.3) is 0 Å². The summed E-state index contributed by atoms with van der Waals surface area (Å²) in [5, 5.41) is 3.11. The Bertz CT molecular complexity index is 1060. The van der Waals surface area contributed by atoms with Gasteiger partial charge in [0.05, 0.1) is 0 Å². The molecule has 3 heterocycles. The van der Waals surface area contributed by atoms with Gasteiger partial charge in [0.2, 0.25) is 5.91 Å². The van der Waals surface area contributed by atoms with E-state index in [1.165, 1.54) is 9.87 Å². The van der Waals surface area contributed by atoms with Crippen LogP contribution in [0.4, 0.5) is 0 Å². The minimum atomic E-state index is -3.62. The maximum Gasteiger partial charge on any atom is 0.262 e. The van der Waals surface area contributed by atoms with E-state index >= 15 is 0 Å². The van der Waals surface area contributed by atoms with Gasteiger partial charge in [-0.3, -0.25) is 9.69 Å². The molecule has 0 radical (unpaired) electrons. The molecule has 0 bridgehead atoms. The number of piperidine rings is 1. The Morgan fingerprint density at radius 3 is 2.21 bits per heavy atom. The monoisotopic (exact) mass is 488 g/mol. The summed E-state index contributed by atoms with van der Waals surface area (Å²) in [4.78, 5) is 21.7. The van der Waals surface area contributed by atoms with Crippen molar-refractivity contribution >= 4 is 15.9 Å². The highest BCUT2D eigenvalue weighted by atomic mass is 32.2. The number of carbonyl (C=O) groups is 1. The minimum Gasteiger partial charge on any atom is -0.352 e. The third-order valence-electron chi connectivity index (χ3n) is 7.01. The average Bonchev–Trinajstić information content (AvgIpc) is 3.19. The SMILES string of the molecule is Cc1nc(S(=O)(=O)N2CCC(C(=O)NCc3ccc(CN4CCN(C)CC4)cc3)CC2)cn1C. The smallest absolute Gasteiger partial charge is 0.262 e. The number of nitrogens with one attached hydrogen (secondary N) is 1. The van der Waals surface area contributed by atoms with Crippen molar-refractivity contribution in [3.8, 4) is 0 Å². The summed E-state index contributed by atoms with van der Waals surface area (Å²) in [7, 11) is 0.316. The molecule has 2 saturated heterocycles. The molecule has 9 nitrogen and oxygen atoms in total. The third-order valence-corrected chi connectivity index (χ3v) is 8.78. The molecule has 0 atom stereocenters. The number of aromatic nitrogens is 2. The van der Waals surface area contributed by atoms with Crippen LogP contribution in [0, 0.1) is 12.8 Å². The van der Waals surface area contributed by atoms with Gasteiger partial charge in [0.15, 0.2) is 5.03 Å². The zero-order chi connectivity index (χ0) is 24.3. The quantitative estimate of drug-likeness (QED) is 0.630. The number of nitrogens with zero attached hydrogens (tertiary/aromatic N) is 5. The highest BCUT2D eigenvalue weighted by molar-refractivity contribution is 7.89. The summed E-state index contributed by atoms with van der Waals surface area (Å²) in [6.45, 7) is 8.28. The molecule has 1 N–H and O–H groups in total. The fraction of sp³-hybridized carbons (Fsp3) is 0.583. The summed E-state index contributed by atoms with van der Waals surface area (Å²) < 4.78 is 28.8. The van der Waals surface area contributed by atoms with Crippen LogP contribution < -0.4 is 5.32 Å². The van der Waals surface area contributed by atoms with E-state index in [4.69, 9.17) is 0 Å². The fourth-order valence-electron chi connectivity index (χ4n) is 4.50. The highest BCUT2D eigenvalue weighted by Crippen LogP contribution is 2.23. The number of sulfonamides is 1. The molecule has 4 rings (SSSR count). The number of piperazine rings is 1. The van der Waals surface area contributed by atoms with E-state index in [0.29, 0.717) is 38.3 Å². The standard InChI is InChI=1S/C24H36N6O3S/c1-19-26-23(18-28(19)3)34(32,33)30-10-8-22(9-11-30)24(31)25-16-20-4-6-21(7-5-20)17-29-14-12-27(2)13-15-29/h4-7,18,22H,8-17H2,1-3H3,(H,25,31). The lowest BCUT2D eigenvalue weighted by Crippen LogP contribution is -2.43. The first-order chi connectivity index (χ1) is 16.2. The Labute approximate surface area is 202 Å². The van der Waals surface area contributed by atoms with Crippen LogP contribution in [-0.2, 0) is 35.0 Å². The van der Waals surface area contributed by atoms with E-state index in [1.54, 1.807) is 24.7 Å². The Hall–Kier alpha value is -2.27. The molecule has 2 aliphatic rings. The van der Waals surface area contributed by atoms with Crippen molar-refractivity contribution in [3.05, 3.63) is 47.4 Å². The second-order valence-corrected chi connectivity index (χ2v) is 11.4. The normalized spacial score (nSPS) is 19.4. The van der Waals surface area contributed by atoms with Crippen molar-refractivity contribution in [2.45, 2.75) is 37.9 Å². The number of rotatable bonds is 7. The molecule has 186 valence electrons. The van der Waals surface area contributed by atoms with Crippen molar-refractivity contribution in [2.24, 2.45) is 13.0 Å². The van der Waals surface area contributed by atoms with Crippen LogP contribution in [0.15, 0.2) is 35.5 Å². The molecule has 2 fully saturated rings. The molecule has 1 amide bonds. The van der Waals surface area contributed by atoms with Gasteiger partial charge in [-0.1, -0.05) is 24.3 Å². The largest absolute Gasteiger partial charge is 0.352 e. The molecule has 0 saturated carbocycles. The van der Waals surface area contributed by atoms with Gasteiger partial charge in [-0.2, -0.15) is 4.31 Å². The number of hydrogen-bond acceptors (Lipinski definition) is 6. The zero-order valence-electron chi connectivity index (χ0n) is 20.4. The van der Waals surface area contributed by atoms with Crippen LogP contribution in [0.2, 0.25) is 0 Å². The predicted octanol–water partition coefficient (Wildman–Crippen LogP) is 1.19. The Balaban J connectivity index is 1.23. The number of hydrogen-bond donors (Lipinski definition) is 1. The van der Waals surface area contributed by atoms with Crippen LogP contribution in [-0.4, -0.2) is 84.3 Å². The Morgan fingerprint density at radius 1 is 1.00 bits per heavy atom. The topological polar surface area (TPSA) is 90.8 Å². The van der Waals surface area contributed by atoms with Gasteiger partial charge < -0.3 is 14.8 Å². The molecule has 2 aliphatic heterocycles. The van der Waals surface area contributed by atoms with Gasteiger partial charge in [0.1, 0.15) is 5.82 Å². The minimum absolute atomic E-state index is 0.00718. The number of aryl methyl sites for hydroxylation is 2. The lowest BCUT2D eigenvalue weighted by molar-refractivity contribution is -0.126.